The Bertz CT molecular complexity index is 2400. The largest absolute Gasteiger partial charge is 0.371 e. The lowest BCUT2D eigenvalue weighted by Gasteiger charge is -2.34. The third kappa shape index (κ3) is 7.18. The highest BCUT2D eigenvalue weighted by Gasteiger charge is 2.46. The summed E-state index contributed by atoms with van der Waals surface area (Å²) in [5, 5.41) is 9.43. The van der Waals surface area contributed by atoms with Crippen LogP contribution >= 0.6 is 0 Å². The number of imide groups is 2. The highest BCUT2D eigenvalue weighted by Crippen LogP contribution is 2.36. The van der Waals surface area contributed by atoms with Crippen molar-refractivity contribution in [1.29, 1.82) is 0 Å². The van der Waals surface area contributed by atoms with E-state index in [0.29, 0.717) is 65.7 Å². The number of aryl methyl sites for hydroxylation is 1. The standard InChI is InChI=1S/C42H43N9O6/c1-24-4-3-19-50(24)23-34-44-30-13-12-28(22-31(30)45-34)43-39(53)27-10-8-26(9-11-27)38-47-36(57-48-38)16-7-25-17-20-49(21-18-25)32-6-2-5-29-37(32)42(56)51(41(29)55)33-14-15-35(52)46-40(33)54/h2,5-6,8-13,22,24-25,33H,3-4,7,14-21,23H2,1H3,(H,43,53)(H,44,45)(H,46,52,54)/t24-,33?/m0/s1. The number of aromatic amines is 1. The van der Waals surface area contributed by atoms with Crippen molar-refractivity contribution in [2.75, 3.05) is 29.9 Å². The number of carbonyl (C=O) groups is 5. The molecule has 3 aromatic carbocycles. The van der Waals surface area contributed by atoms with Gasteiger partial charge in [0, 0.05) is 48.8 Å². The Hall–Kier alpha value is -6.22. The first kappa shape index (κ1) is 36.4. The number of benzene rings is 3. The van der Waals surface area contributed by atoms with Gasteiger partial charge < -0.3 is 19.7 Å². The van der Waals surface area contributed by atoms with Crippen molar-refractivity contribution in [3.63, 3.8) is 0 Å². The second kappa shape index (κ2) is 15.0. The van der Waals surface area contributed by atoms with Crippen LogP contribution in [0.2, 0.25) is 0 Å². The molecule has 292 valence electrons. The van der Waals surface area contributed by atoms with Crippen LogP contribution in [0.4, 0.5) is 11.4 Å². The first-order chi connectivity index (χ1) is 27.7. The van der Waals surface area contributed by atoms with Gasteiger partial charge in [0.05, 0.1) is 34.4 Å². The molecular formula is C42H43N9O6. The summed E-state index contributed by atoms with van der Waals surface area (Å²) in [6.07, 6.45) is 5.85. The van der Waals surface area contributed by atoms with Gasteiger partial charge in [0.1, 0.15) is 11.9 Å². The van der Waals surface area contributed by atoms with Crippen molar-refractivity contribution < 1.29 is 28.5 Å². The minimum absolute atomic E-state index is 0.0775. The maximum absolute atomic E-state index is 13.6. The molecule has 3 fully saturated rings. The molecule has 1 unspecified atom stereocenters. The number of imidazole rings is 1. The zero-order valence-corrected chi connectivity index (χ0v) is 31.6. The fraction of sp³-hybridized carbons (Fsp3) is 0.381. The zero-order valence-electron chi connectivity index (χ0n) is 31.6. The van der Waals surface area contributed by atoms with Crippen LogP contribution in [0.3, 0.4) is 0 Å². The lowest BCUT2D eigenvalue weighted by Crippen LogP contribution is -2.54. The van der Waals surface area contributed by atoms with Crippen LogP contribution in [-0.2, 0) is 22.6 Å². The first-order valence-corrected chi connectivity index (χ1v) is 19.7. The Morgan fingerprint density at radius 1 is 0.930 bits per heavy atom. The number of hydrogen-bond donors (Lipinski definition) is 3. The molecule has 4 aliphatic heterocycles. The molecule has 2 atom stereocenters. The van der Waals surface area contributed by atoms with Crippen LogP contribution in [-0.4, -0.2) is 91.2 Å². The van der Waals surface area contributed by atoms with E-state index in [0.717, 1.165) is 59.7 Å². The van der Waals surface area contributed by atoms with E-state index in [1.54, 1.807) is 24.3 Å². The van der Waals surface area contributed by atoms with Crippen molar-refractivity contribution in [1.82, 2.24) is 35.2 Å². The Kier molecular flexibility index (Phi) is 9.60. The summed E-state index contributed by atoms with van der Waals surface area (Å²) in [7, 11) is 0. The molecule has 6 heterocycles. The molecule has 9 rings (SSSR count). The summed E-state index contributed by atoms with van der Waals surface area (Å²) in [4.78, 5) is 82.6. The van der Waals surface area contributed by atoms with Crippen molar-refractivity contribution in [3.8, 4) is 11.4 Å². The number of nitrogens with one attached hydrogen (secondary N) is 3. The Balaban J connectivity index is 0.768. The Labute approximate surface area is 328 Å². The number of anilines is 2. The summed E-state index contributed by atoms with van der Waals surface area (Å²) in [5.41, 5.74) is 4.99. The van der Waals surface area contributed by atoms with Crippen LogP contribution in [0.25, 0.3) is 22.4 Å². The van der Waals surface area contributed by atoms with Gasteiger partial charge in [0.15, 0.2) is 0 Å². The molecule has 3 saturated heterocycles. The zero-order chi connectivity index (χ0) is 39.2. The predicted octanol–water partition coefficient (Wildman–Crippen LogP) is 5.10. The monoisotopic (exact) mass is 769 g/mol. The van der Waals surface area contributed by atoms with E-state index >= 15 is 0 Å². The van der Waals surface area contributed by atoms with E-state index in [1.165, 1.54) is 12.8 Å². The van der Waals surface area contributed by atoms with Crippen LogP contribution in [0.1, 0.15) is 94.7 Å². The fourth-order valence-electron chi connectivity index (χ4n) is 8.63. The lowest BCUT2D eigenvalue weighted by atomic mass is 9.91. The van der Waals surface area contributed by atoms with Gasteiger partial charge in [0.2, 0.25) is 23.5 Å². The number of fused-ring (bicyclic) bond motifs is 2. The lowest BCUT2D eigenvalue weighted by molar-refractivity contribution is -0.136. The van der Waals surface area contributed by atoms with Crippen LogP contribution in [0, 0.1) is 5.92 Å². The van der Waals surface area contributed by atoms with Gasteiger partial charge in [-0.05, 0) is 100 Å². The number of amides is 5. The van der Waals surface area contributed by atoms with E-state index in [2.05, 4.69) is 42.5 Å². The molecule has 0 radical (unpaired) electrons. The summed E-state index contributed by atoms with van der Waals surface area (Å²) in [6.45, 7) is 5.53. The Morgan fingerprint density at radius 2 is 1.75 bits per heavy atom. The van der Waals surface area contributed by atoms with Gasteiger partial charge in [0.25, 0.3) is 17.7 Å². The minimum atomic E-state index is -0.998. The smallest absolute Gasteiger partial charge is 0.264 e. The highest BCUT2D eigenvalue weighted by atomic mass is 16.5. The molecular weight excluding hydrogens is 727 g/mol. The van der Waals surface area contributed by atoms with Gasteiger partial charge in [-0.2, -0.15) is 4.98 Å². The summed E-state index contributed by atoms with van der Waals surface area (Å²) in [6, 6.07) is 17.6. The third-order valence-corrected chi connectivity index (χ3v) is 11.9. The molecule has 57 heavy (non-hydrogen) atoms. The second-order valence-electron chi connectivity index (χ2n) is 15.5. The van der Waals surface area contributed by atoms with E-state index in [-0.39, 0.29) is 24.3 Å². The molecule has 0 bridgehead atoms. The summed E-state index contributed by atoms with van der Waals surface area (Å²) < 4.78 is 5.60. The first-order valence-electron chi connectivity index (χ1n) is 19.7. The van der Waals surface area contributed by atoms with E-state index in [9.17, 15) is 24.0 Å². The number of H-pyrrole nitrogens is 1. The van der Waals surface area contributed by atoms with Crippen LogP contribution in [0.15, 0.2) is 65.2 Å². The Morgan fingerprint density at radius 3 is 2.53 bits per heavy atom. The second-order valence-corrected chi connectivity index (χ2v) is 15.5. The van der Waals surface area contributed by atoms with Gasteiger partial charge in [-0.1, -0.05) is 23.4 Å². The highest BCUT2D eigenvalue weighted by molar-refractivity contribution is 6.25. The predicted molar refractivity (Wildman–Crippen MR) is 209 cm³/mol. The summed E-state index contributed by atoms with van der Waals surface area (Å²) in [5.74, 6) is 0.0874. The molecule has 2 aromatic heterocycles. The molecule has 0 aliphatic carbocycles. The quantitative estimate of drug-likeness (QED) is 0.161. The number of piperidine rings is 2. The number of nitrogens with zero attached hydrogens (tertiary/aromatic N) is 6. The maximum Gasteiger partial charge on any atom is 0.264 e. The normalized spacial score (nSPS) is 20.4. The van der Waals surface area contributed by atoms with Crippen molar-refractivity contribution in [2.45, 2.75) is 76.9 Å². The number of likely N-dealkylation sites (tertiary alicyclic amines) is 1. The van der Waals surface area contributed by atoms with Crippen LogP contribution < -0.4 is 15.5 Å². The topological polar surface area (TPSA) is 187 Å². The number of hydrogen-bond acceptors (Lipinski definition) is 11. The fourth-order valence-corrected chi connectivity index (χ4v) is 8.63. The van der Waals surface area contributed by atoms with Crippen molar-refractivity contribution >= 4 is 51.9 Å². The molecule has 15 heteroatoms. The molecule has 5 amide bonds. The van der Waals surface area contributed by atoms with E-state index < -0.39 is 29.7 Å². The maximum atomic E-state index is 13.6. The molecule has 0 spiro atoms. The number of aromatic nitrogens is 4. The van der Waals surface area contributed by atoms with Crippen LogP contribution in [0.5, 0.6) is 0 Å². The molecule has 3 N–H and O–H groups in total. The SMILES string of the molecule is C[C@H]1CCCN1Cc1nc2ccc(NC(=O)c3ccc(-c4noc(CCC5CCN(c6cccc7c6C(=O)N(C6CCC(=O)NC6=O)C7=O)CC5)n4)cc3)cc2[nH]1. The summed E-state index contributed by atoms with van der Waals surface area (Å²) >= 11 is 0. The van der Waals surface area contributed by atoms with Crippen molar-refractivity contribution in [3.05, 3.63) is 89.1 Å². The minimum Gasteiger partial charge on any atom is -0.371 e. The van der Waals surface area contributed by atoms with Gasteiger partial charge >= 0.3 is 0 Å². The third-order valence-electron chi connectivity index (χ3n) is 11.9. The molecule has 15 nitrogen and oxygen atoms in total. The average molecular weight is 770 g/mol. The molecule has 4 aliphatic rings. The average Bonchev–Trinajstić information content (AvgIpc) is 4.01. The van der Waals surface area contributed by atoms with E-state index in [4.69, 9.17) is 9.51 Å². The molecule has 5 aromatic rings. The van der Waals surface area contributed by atoms with E-state index in [1.807, 2.05) is 36.4 Å². The number of rotatable bonds is 10. The van der Waals surface area contributed by atoms with Gasteiger partial charge in [-0.25, -0.2) is 4.98 Å². The van der Waals surface area contributed by atoms with Gasteiger partial charge in [-0.3, -0.25) is 39.1 Å². The van der Waals surface area contributed by atoms with Crippen molar-refractivity contribution in [2.24, 2.45) is 5.92 Å². The molecule has 0 saturated carbocycles. The number of carbonyl (C=O) groups excluding carboxylic acids is 5. The van der Waals surface area contributed by atoms with Gasteiger partial charge in [-0.15, -0.1) is 0 Å².